The topological polar surface area (TPSA) is 44.9 Å². The highest BCUT2D eigenvalue weighted by atomic mass is 16.1. The fraction of sp³-hybridized carbons (Fsp3) is 0.192. The summed E-state index contributed by atoms with van der Waals surface area (Å²) in [5.41, 5.74) is 6.43. The van der Waals surface area contributed by atoms with Gasteiger partial charge < -0.3 is 10.3 Å². The molecule has 1 aromatic heterocycles. The molecule has 0 fully saturated rings. The number of nitrogens with one attached hydrogen (secondary N) is 2. The Morgan fingerprint density at radius 1 is 0.931 bits per heavy atom. The number of aromatic amines is 1. The standard InChI is InChI=1S/C26H26N2O/c1-18-11-13-20(14-12-18)15-16-27-25(21-8-4-3-5-9-21)26(29)23-17-28-24-19(2)7-6-10-22(23)24/h3-14,17,25,27-28H,15-16H2,1-2H3/t25-/m1/s1. The third-order valence-corrected chi connectivity index (χ3v) is 5.47. The average molecular weight is 383 g/mol. The number of rotatable bonds is 7. The molecule has 3 aromatic carbocycles. The molecule has 0 aliphatic heterocycles. The summed E-state index contributed by atoms with van der Waals surface area (Å²) in [5.74, 6) is 0.0944. The van der Waals surface area contributed by atoms with Gasteiger partial charge in [-0.2, -0.15) is 0 Å². The second-order valence-electron chi connectivity index (χ2n) is 7.60. The summed E-state index contributed by atoms with van der Waals surface area (Å²) in [6, 6.07) is 24.2. The van der Waals surface area contributed by atoms with E-state index in [1.807, 2.05) is 48.7 Å². The Kier molecular flexibility index (Phi) is 5.59. The number of carbonyl (C=O) groups excluding carboxylic acids is 1. The summed E-state index contributed by atoms with van der Waals surface area (Å²) in [6.45, 7) is 4.88. The first kappa shape index (κ1) is 19.2. The molecule has 1 atom stereocenters. The van der Waals surface area contributed by atoms with Gasteiger partial charge in [0.2, 0.25) is 0 Å². The number of aryl methyl sites for hydroxylation is 2. The number of ketones is 1. The molecule has 0 bridgehead atoms. The minimum absolute atomic E-state index is 0.0944. The largest absolute Gasteiger partial charge is 0.360 e. The molecule has 1 heterocycles. The van der Waals surface area contributed by atoms with E-state index in [1.165, 1.54) is 11.1 Å². The van der Waals surface area contributed by atoms with Gasteiger partial charge in [-0.25, -0.2) is 0 Å². The lowest BCUT2D eigenvalue weighted by atomic mass is 9.96. The van der Waals surface area contributed by atoms with Gasteiger partial charge in [0.15, 0.2) is 5.78 Å². The highest BCUT2D eigenvalue weighted by Crippen LogP contribution is 2.26. The van der Waals surface area contributed by atoms with Crippen LogP contribution in [0.25, 0.3) is 10.9 Å². The molecule has 146 valence electrons. The van der Waals surface area contributed by atoms with Gasteiger partial charge in [0, 0.05) is 29.2 Å². The first-order chi connectivity index (χ1) is 14.1. The minimum Gasteiger partial charge on any atom is -0.360 e. The van der Waals surface area contributed by atoms with E-state index in [1.54, 1.807) is 0 Å². The van der Waals surface area contributed by atoms with Crippen molar-refractivity contribution in [2.75, 3.05) is 6.54 Å². The molecule has 0 amide bonds. The van der Waals surface area contributed by atoms with Gasteiger partial charge in [0.25, 0.3) is 0 Å². The van der Waals surface area contributed by atoms with Crippen molar-refractivity contribution in [3.63, 3.8) is 0 Å². The van der Waals surface area contributed by atoms with E-state index in [-0.39, 0.29) is 11.8 Å². The van der Waals surface area contributed by atoms with Gasteiger partial charge in [0.1, 0.15) is 0 Å². The number of carbonyl (C=O) groups is 1. The van der Waals surface area contributed by atoms with E-state index >= 15 is 0 Å². The first-order valence-corrected chi connectivity index (χ1v) is 10.1. The fourth-order valence-corrected chi connectivity index (χ4v) is 3.79. The third-order valence-electron chi connectivity index (χ3n) is 5.47. The molecule has 29 heavy (non-hydrogen) atoms. The Bertz CT molecular complexity index is 1110. The number of Topliss-reactive ketones (excluding diaryl/α,β-unsaturated/α-hetero) is 1. The zero-order valence-corrected chi connectivity index (χ0v) is 16.9. The van der Waals surface area contributed by atoms with E-state index in [4.69, 9.17) is 0 Å². The lowest BCUT2D eigenvalue weighted by molar-refractivity contribution is 0.0945. The predicted octanol–water partition coefficient (Wildman–Crippen LogP) is 5.54. The molecule has 0 saturated carbocycles. The van der Waals surface area contributed by atoms with Crippen molar-refractivity contribution < 1.29 is 4.79 Å². The summed E-state index contributed by atoms with van der Waals surface area (Å²) in [6.07, 6.45) is 2.72. The Hall–Kier alpha value is -3.17. The van der Waals surface area contributed by atoms with E-state index in [2.05, 4.69) is 54.5 Å². The number of hydrogen-bond donors (Lipinski definition) is 2. The van der Waals surface area contributed by atoms with Crippen LogP contribution in [0.4, 0.5) is 0 Å². The Balaban J connectivity index is 1.59. The maximum Gasteiger partial charge on any atom is 0.186 e. The third kappa shape index (κ3) is 4.15. The minimum atomic E-state index is -0.374. The van der Waals surface area contributed by atoms with Gasteiger partial charge >= 0.3 is 0 Å². The van der Waals surface area contributed by atoms with Crippen LogP contribution in [-0.4, -0.2) is 17.3 Å². The number of aromatic nitrogens is 1. The van der Waals surface area contributed by atoms with Crippen molar-refractivity contribution >= 4 is 16.7 Å². The molecule has 4 aromatic rings. The molecule has 3 heteroatoms. The highest BCUT2D eigenvalue weighted by Gasteiger charge is 2.24. The highest BCUT2D eigenvalue weighted by molar-refractivity contribution is 6.11. The van der Waals surface area contributed by atoms with E-state index in [9.17, 15) is 4.79 Å². The van der Waals surface area contributed by atoms with E-state index in [0.29, 0.717) is 0 Å². The molecule has 0 aliphatic rings. The van der Waals surface area contributed by atoms with Crippen molar-refractivity contribution in [3.05, 3.63) is 107 Å². The summed E-state index contributed by atoms with van der Waals surface area (Å²) in [7, 11) is 0. The van der Waals surface area contributed by atoms with Crippen LogP contribution in [0.5, 0.6) is 0 Å². The van der Waals surface area contributed by atoms with Crippen molar-refractivity contribution in [1.29, 1.82) is 0 Å². The Morgan fingerprint density at radius 2 is 1.69 bits per heavy atom. The molecule has 0 saturated heterocycles. The Morgan fingerprint density at radius 3 is 2.45 bits per heavy atom. The summed E-state index contributed by atoms with van der Waals surface area (Å²) in [5, 5.41) is 4.49. The number of para-hydroxylation sites is 1. The van der Waals surface area contributed by atoms with E-state index in [0.717, 1.165) is 40.6 Å². The maximum atomic E-state index is 13.5. The second kappa shape index (κ2) is 8.46. The van der Waals surface area contributed by atoms with Crippen LogP contribution >= 0.6 is 0 Å². The SMILES string of the molecule is Cc1ccc(CCN[C@@H](C(=O)c2c[nH]c3c(C)cccc23)c2ccccc2)cc1. The van der Waals surface area contributed by atoms with Crippen LogP contribution in [-0.2, 0) is 6.42 Å². The normalized spacial score (nSPS) is 12.2. The van der Waals surface area contributed by atoms with Crippen molar-refractivity contribution in [1.82, 2.24) is 10.3 Å². The van der Waals surface area contributed by atoms with Crippen LogP contribution in [0.2, 0.25) is 0 Å². The van der Waals surface area contributed by atoms with Crippen molar-refractivity contribution in [2.45, 2.75) is 26.3 Å². The maximum absolute atomic E-state index is 13.5. The summed E-state index contributed by atoms with van der Waals surface area (Å²) < 4.78 is 0. The lowest BCUT2D eigenvalue weighted by Crippen LogP contribution is -2.30. The molecular formula is C26H26N2O. The van der Waals surface area contributed by atoms with Crippen LogP contribution in [0.3, 0.4) is 0 Å². The smallest absolute Gasteiger partial charge is 0.186 e. The number of fused-ring (bicyclic) bond motifs is 1. The molecular weight excluding hydrogens is 356 g/mol. The number of H-pyrrole nitrogens is 1. The molecule has 2 N–H and O–H groups in total. The number of hydrogen-bond acceptors (Lipinski definition) is 2. The quantitative estimate of drug-likeness (QED) is 0.412. The summed E-state index contributed by atoms with van der Waals surface area (Å²) >= 11 is 0. The zero-order chi connectivity index (χ0) is 20.2. The molecule has 3 nitrogen and oxygen atoms in total. The van der Waals surface area contributed by atoms with Crippen LogP contribution < -0.4 is 5.32 Å². The molecule has 0 aliphatic carbocycles. The second-order valence-corrected chi connectivity index (χ2v) is 7.60. The monoisotopic (exact) mass is 382 g/mol. The predicted molar refractivity (Wildman–Crippen MR) is 119 cm³/mol. The molecule has 0 unspecified atom stereocenters. The summed E-state index contributed by atoms with van der Waals surface area (Å²) in [4.78, 5) is 16.8. The van der Waals surface area contributed by atoms with E-state index < -0.39 is 0 Å². The van der Waals surface area contributed by atoms with Crippen LogP contribution in [0.15, 0.2) is 79.0 Å². The first-order valence-electron chi connectivity index (χ1n) is 10.1. The van der Waals surface area contributed by atoms with Gasteiger partial charge in [-0.1, -0.05) is 78.4 Å². The van der Waals surface area contributed by atoms with Crippen molar-refractivity contribution in [2.24, 2.45) is 0 Å². The fourth-order valence-electron chi connectivity index (χ4n) is 3.79. The molecule has 0 spiro atoms. The lowest BCUT2D eigenvalue weighted by Gasteiger charge is -2.18. The zero-order valence-electron chi connectivity index (χ0n) is 16.9. The van der Waals surface area contributed by atoms with Gasteiger partial charge in [-0.3, -0.25) is 4.79 Å². The van der Waals surface area contributed by atoms with Crippen molar-refractivity contribution in [3.8, 4) is 0 Å². The van der Waals surface area contributed by atoms with Gasteiger partial charge in [-0.15, -0.1) is 0 Å². The average Bonchev–Trinajstić information content (AvgIpc) is 3.18. The van der Waals surface area contributed by atoms with Gasteiger partial charge in [0.05, 0.1) is 6.04 Å². The van der Waals surface area contributed by atoms with Crippen LogP contribution in [0.1, 0.15) is 38.7 Å². The molecule has 0 radical (unpaired) electrons. The Labute approximate surface area is 171 Å². The molecule has 4 rings (SSSR count). The van der Waals surface area contributed by atoms with Gasteiger partial charge in [-0.05, 0) is 37.0 Å². The number of benzene rings is 3. The van der Waals surface area contributed by atoms with Crippen LogP contribution in [0, 0.1) is 13.8 Å².